The zero-order valence-corrected chi connectivity index (χ0v) is 26.7. The molecule has 2 aromatic carbocycles. The van der Waals surface area contributed by atoms with Crippen molar-refractivity contribution in [3.05, 3.63) is 126 Å². The predicted molar refractivity (Wildman–Crippen MR) is 175 cm³/mol. The zero-order valence-electron chi connectivity index (χ0n) is 25.0. The number of nitrogens with one attached hydrogen (secondary N) is 2. The van der Waals surface area contributed by atoms with Gasteiger partial charge in [0, 0.05) is 0 Å². The molecule has 0 saturated carbocycles. The second kappa shape index (κ2) is 13.4. The summed E-state index contributed by atoms with van der Waals surface area (Å²) in [6.07, 6.45) is 3.44. The number of urea groups is 1. The minimum atomic E-state index is -1.13. The molecule has 1 atom stereocenters. The quantitative estimate of drug-likeness (QED) is 0.201. The number of hydrogen-bond donors (Lipinski definition) is 3. The van der Waals surface area contributed by atoms with E-state index in [1.807, 2.05) is 54.6 Å². The smallest absolute Gasteiger partial charge is 0.338 e. The lowest BCUT2D eigenvalue weighted by atomic mass is 9.96. The number of thiazole rings is 1. The van der Waals surface area contributed by atoms with Gasteiger partial charge >= 0.3 is 18.0 Å². The molecule has 1 aliphatic heterocycles. The minimum Gasteiger partial charge on any atom is -0.478 e. The second-order valence-corrected chi connectivity index (χ2v) is 12.2. The highest BCUT2D eigenvalue weighted by Gasteiger charge is 2.33. The third-order valence-electron chi connectivity index (χ3n) is 7.18. The van der Waals surface area contributed by atoms with E-state index >= 15 is 0 Å². The minimum absolute atomic E-state index is 0.0160. The van der Waals surface area contributed by atoms with Crippen molar-refractivity contribution in [2.24, 2.45) is 4.99 Å². The lowest BCUT2D eigenvalue weighted by Crippen LogP contribution is -2.39. The maximum absolute atomic E-state index is 13.8. The van der Waals surface area contributed by atoms with Crippen LogP contribution in [0.1, 0.15) is 47.1 Å². The molecule has 0 bridgehead atoms. The molecule has 3 aromatic heterocycles. The highest BCUT2D eigenvalue weighted by molar-refractivity contribution is 7.14. The average Bonchev–Trinajstić information content (AvgIpc) is 3.80. The van der Waals surface area contributed by atoms with Crippen LogP contribution in [-0.4, -0.2) is 49.2 Å². The predicted octanol–water partition coefficient (Wildman–Crippen LogP) is 3.46. The van der Waals surface area contributed by atoms with Crippen LogP contribution in [0.5, 0.6) is 0 Å². The Balaban J connectivity index is 1.20. The van der Waals surface area contributed by atoms with Crippen molar-refractivity contribution in [2.45, 2.75) is 26.4 Å². The standard InChI is InChI=1S/C32H27N7O6S2/c1-3-45-30(43)25-18(2)34-32-39(26(25)20-7-5-4-6-8-20)28(40)24(47-32)15-19-9-11-22(12-10-19)38-17-21(36-37-38)16-33-31(44)35-27-23(29(41)42)13-14-46-27/h4-15,17,26H,3,16H2,1-2H3,(H,41,42)(H2,33,35,44)/b24-15-. The highest BCUT2D eigenvalue weighted by Crippen LogP contribution is 2.30. The highest BCUT2D eigenvalue weighted by atomic mass is 32.1. The van der Waals surface area contributed by atoms with Gasteiger partial charge in [0.15, 0.2) is 4.80 Å². The van der Waals surface area contributed by atoms with E-state index in [9.17, 15) is 24.3 Å². The number of hydrogen-bond acceptors (Lipinski definition) is 10. The third-order valence-corrected chi connectivity index (χ3v) is 8.99. The van der Waals surface area contributed by atoms with Crippen molar-refractivity contribution in [3.63, 3.8) is 0 Å². The first-order chi connectivity index (χ1) is 22.7. The molecular formula is C32H27N7O6S2. The number of esters is 1. The first-order valence-corrected chi connectivity index (χ1v) is 16.0. The summed E-state index contributed by atoms with van der Waals surface area (Å²) in [6, 6.07) is 16.9. The van der Waals surface area contributed by atoms with Crippen LogP contribution in [0.2, 0.25) is 0 Å². The van der Waals surface area contributed by atoms with E-state index in [4.69, 9.17) is 4.74 Å². The molecule has 47 heavy (non-hydrogen) atoms. The summed E-state index contributed by atoms with van der Waals surface area (Å²) in [4.78, 5) is 55.4. The van der Waals surface area contributed by atoms with Crippen molar-refractivity contribution in [3.8, 4) is 5.69 Å². The van der Waals surface area contributed by atoms with Crippen LogP contribution in [0.15, 0.2) is 93.3 Å². The molecule has 1 aliphatic rings. The molecule has 0 aliphatic carbocycles. The fourth-order valence-corrected chi connectivity index (χ4v) is 6.84. The molecule has 13 nitrogen and oxygen atoms in total. The van der Waals surface area contributed by atoms with Gasteiger partial charge in [-0.1, -0.05) is 59.0 Å². The molecule has 0 fully saturated rings. The van der Waals surface area contributed by atoms with Gasteiger partial charge in [0.1, 0.15) is 10.7 Å². The van der Waals surface area contributed by atoms with E-state index in [-0.39, 0.29) is 29.3 Å². The van der Waals surface area contributed by atoms with Crippen LogP contribution in [0.3, 0.4) is 0 Å². The average molecular weight is 670 g/mol. The molecule has 0 saturated heterocycles. The van der Waals surface area contributed by atoms with E-state index in [1.165, 1.54) is 17.4 Å². The van der Waals surface area contributed by atoms with Crippen molar-refractivity contribution in [2.75, 3.05) is 11.9 Å². The van der Waals surface area contributed by atoms with Gasteiger partial charge in [-0.15, -0.1) is 16.4 Å². The van der Waals surface area contributed by atoms with Gasteiger partial charge in [-0.2, -0.15) is 0 Å². The monoisotopic (exact) mass is 669 g/mol. The maximum Gasteiger partial charge on any atom is 0.338 e. The molecule has 1 unspecified atom stereocenters. The number of aromatic carboxylic acids is 1. The summed E-state index contributed by atoms with van der Waals surface area (Å²) in [5.74, 6) is -1.63. The molecule has 0 radical (unpaired) electrons. The van der Waals surface area contributed by atoms with Crippen molar-refractivity contribution < 1.29 is 24.2 Å². The molecule has 15 heteroatoms. The Morgan fingerprint density at radius 1 is 1.09 bits per heavy atom. The number of carboxylic acids is 1. The van der Waals surface area contributed by atoms with E-state index in [0.717, 1.165) is 22.5 Å². The number of fused-ring (bicyclic) bond motifs is 1. The number of allylic oxidation sites excluding steroid dienone is 1. The van der Waals surface area contributed by atoms with Gasteiger partial charge in [-0.3, -0.25) is 14.7 Å². The summed E-state index contributed by atoms with van der Waals surface area (Å²) in [6.45, 7) is 3.76. The lowest BCUT2D eigenvalue weighted by Gasteiger charge is -2.24. The molecule has 0 spiro atoms. The Kier molecular flexibility index (Phi) is 8.90. The third kappa shape index (κ3) is 6.52. The summed E-state index contributed by atoms with van der Waals surface area (Å²) >= 11 is 2.36. The van der Waals surface area contributed by atoms with E-state index in [1.54, 1.807) is 40.7 Å². The number of rotatable bonds is 9. The SMILES string of the molecule is CCOC(=O)C1=C(C)N=c2s/c(=C\c3ccc(-n4cc(CNC(=O)Nc5sccc5C(=O)O)nn4)cc3)c(=O)n2C1c1ccccc1. The van der Waals surface area contributed by atoms with E-state index in [2.05, 4.69) is 25.9 Å². The Morgan fingerprint density at radius 2 is 1.85 bits per heavy atom. The van der Waals surface area contributed by atoms with Gasteiger partial charge in [0.2, 0.25) is 0 Å². The number of carbonyl (C=O) groups is 3. The largest absolute Gasteiger partial charge is 0.478 e. The molecule has 2 amide bonds. The second-order valence-electron chi connectivity index (χ2n) is 10.2. The van der Waals surface area contributed by atoms with Crippen LogP contribution in [-0.2, 0) is 16.1 Å². The number of amides is 2. The summed E-state index contributed by atoms with van der Waals surface area (Å²) in [7, 11) is 0. The van der Waals surface area contributed by atoms with Gasteiger partial charge in [0.25, 0.3) is 5.56 Å². The number of carboxylic acid groups (broad SMARTS) is 1. The molecule has 4 heterocycles. The van der Waals surface area contributed by atoms with Crippen LogP contribution in [0.25, 0.3) is 11.8 Å². The normalized spacial score (nSPS) is 14.3. The Bertz CT molecular complexity index is 2200. The van der Waals surface area contributed by atoms with Gasteiger partial charge < -0.3 is 15.2 Å². The van der Waals surface area contributed by atoms with Crippen LogP contribution in [0.4, 0.5) is 9.80 Å². The molecule has 3 N–H and O–H groups in total. The number of thiophene rings is 1. The summed E-state index contributed by atoms with van der Waals surface area (Å²) in [5, 5.41) is 24.4. The van der Waals surface area contributed by atoms with Gasteiger partial charge in [0.05, 0.1) is 52.4 Å². The van der Waals surface area contributed by atoms with Crippen LogP contribution >= 0.6 is 22.7 Å². The molecular weight excluding hydrogens is 643 g/mol. The summed E-state index contributed by atoms with van der Waals surface area (Å²) in [5.41, 5.74) is 3.32. The maximum atomic E-state index is 13.8. The number of ether oxygens (including phenoxy) is 1. The summed E-state index contributed by atoms with van der Waals surface area (Å²) < 4.78 is 8.90. The number of carbonyl (C=O) groups excluding carboxylic acids is 2. The lowest BCUT2D eigenvalue weighted by molar-refractivity contribution is -0.139. The Labute approximate surface area is 274 Å². The van der Waals surface area contributed by atoms with E-state index in [0.29, 0.717) is 32.0 Å². The fourth-order valence-electron chi connectivity index (χ4n) is 5.02. The van der Waals surface area contributed by atoms with Crippen LogP contribution < -0.4 is 25.5 Å². The number of aromatic nitrogens is 4. The number of benzene rings is 2. The fraction of sp³-hybridized carbons (Fsp3) is 0.156. The van der Waals surface area contributed by atoms with E-state index < -0.39 is 24.0 Å². The molecule has 238 valence electrons. The van der Waals surface area contributed by atoms with Crippen LogP contribution in [0, 0.1) is 0 Å². The number of nitrogens with zero attached hydrogens (tertiary/aromatic N) is 5. The van der Waals surface area contributed by atoms with Crippen molar-refractivity contribution in [1.29, 1.82) is 0 Å². The Morgan fingerprint density at radius 3 is 2.57 bits per heavy atom. The first kappa shape index (κ1) is 31.3. The topological polar surface area (TPSA) is 170 Å². The zero-order chi connectivity index (χ0) is 33.1. The molecule has 6 rings (SSSR count). The van der Waals surface area contributed by atoms with Crippen molar-refractivity contribution in [1.82, 2.24) is 24.9 Å². The Hall–Kier alpha value is -5.67. The van der Waals surface area contributed by atoms with Crippen molar-refractivity contribution >= 4 is 51.7 Å². The van der Waals surface area contributed by atoms with Gasteiger partial charge in [-0.25, -0.2) is 24.1 Å². The number of anilines is 1. The first-order valence-electron chi connectivity index (χ1n) is 14.4. The van der Waals surface area contributed by atoms with Gasteiger partial charge in [-0.05, 0) is 54.6 Å². The molecule has 5 aromatic rings.